The van der Waals surface area contributed by atoms with Crippen LogP contribution in [0.4, 0.5) is 0 Å². The molecule has 0 aromatic rings. The van der Waals surface area contributed by atoms with Gasteiger partial charge in [-0.05, 0) is 39.5 Å². The molecule has 15 heavy (non-hydrogen) atoms. The van der Waals surface area contributed by atoms with Gasteiger partial charge in [0.2, 0.25) is 0 Å². The van der Waals surface area contributed by atoms with Gasteiger partial charge >= 0.3 is 0 Å². The minimum absolute atomic E-state index is 0.209. The summed E-state index contributed by atoms with van der Waals surface area (Å²) in [5.74, 6) is 0.749. The molecular weight excluding hydrogens is 182 g/mol. The predicted octanol–water partition coefficient (Wildman–Crippen LogP) is 4.45. The van der Waals surface area contributed by atoms with Crippen LogP contribution in [0.2, 0.25) is 0 Å². The number of hydrogen-bond donors (Lipinski definition) is 0. The average Bonchev–Trinajstić information content (AvgIpc) is 2.11. The summed E-state index contributed by atoms with van der Waals surface area (Å²) in [6.07, 6.45) is 3.56. The molecule has 0 saturated heterocycles. The standard InChI is InChI=1S/C14H29N/c1-8-10-15(14(5,6)7)13(4)11-12(3)9-2/h12H,4,8-11H2,1-3,5-7H3. The number of rotatable bonds is 6. The lowest BCUT2D eigenvalue weighted by molar-refractivity contribution is 0.174. The van der Waals surface area contributed by atoms with E-state index in [9.17, 15) is 0 Å². The van der Waals surface area contributed by atoms with E-state index in [1.54, 1.807) is 0 Å². The molecule has 0 saturated carbocycles. The van der Waals surface area contributed by atoms with E-state index in [1.807, 2.05) is 0 Å². The van der Waals surface area contributed by atoms with Crippen LogP contribution in [0.3, 0.4) is 0 Å². The van der Waals surface area contributed by atoms with Gasteiger partial charge in [0.05, 0.1) is 0 Å². The first-order valence-corrected chi connectivity index (χ1v) is 6.28. The molecular formula is C14H29N. The van der Waals surface area contributed by atoms with Crippen molar-refractivity contribution < 1.29 is 0 Å². The Morgan fingerprint density at radius 2 is 1.80 bits per heavy atom. The topological polar surface area (TPSA) is 3.24 Å². The Morgan fingerprint density at radius 3 is 2.13 bits per heavy atom. The van der Waals surface area contributed by atoms with E-state index < -0.39 is 0 Å². The summed E-state index contributed by atoms with van der Waals surface area (Å²) in [6.45, 7) is 19.0. The number of allylic oxidation sites excluding steroid dienone is 1. The first kappa shape index (κ1) is 14.5. The Labute approximate surface area is 96.6 Å². The molecule has 0 spiro atoms. The molecule has 1 atom stereocenters. The molecule has 0 aromatic heterocycles. The summed E-state index contributed by atoms with van der Waals surface area (Å²) in [7, 11) is 0. The molecule has 1 unspecified atom stereocenters. The van der Waals surface area contributed by atoms with Crippen molar-refractivity contribution in [2.75, 3.05) is 6.54 Å². The molecule has 0 radical (unpaired) electrons. The SMILES string of the molecule is C=C(CC(C)CC)N(CCC)C(C)(C)C. The van der Waals surface area contributed by atoms with Gasteiger partial charge < -0.3 is 4.90 Å². The van der Waals surface area contributed by atoms with Crippen molar-refractivity contribution in [3.63, 3.8) is 0 Å². The van der Waals surface area contributed by atoms with Crippen LogP contribution in [0.5, 0.6) is 0 Å². The van der Waals surface area contributed by atoms with Crippen LogP contribution in [-0.4, -0.2) is 17.0 Å². The first-order chi connectivity index (χ1) is 6.82. The van der Waals surface area contributed by atoms with Gasteiger partial charge in [-0.15, -0.1) is 0 Å². The van der Waals surface area contributed by atoms with Crippen molar-refractivity contribution in [2.45, 2.75) is 66.3 Å². The fraction of sp³-hybridized carbons (Fsp3) is 0.857. The van der Waals surface area contributed by atoms with Crippen molar-refractivity contribution in [1.29, 1.82) is 0 Å². The maximum absolute atomic E-state index is 4.25. The average molecular weight is 211 g/mol. The zero-order chi connectivity index (χ0) is 12.1. The molecule has 90 valence electrons. The van der Waals surface area contributed by atoms with Gasteiger partial charge in [0, 0.05) is 17.8 Å². The highest BCUT2D eigenvalue weighted by molar-refractivity contribution is 5.00. The largest absolute Gasteiger partial charge is 0.370 e. The highest BCUT2D eigenvalue weighted by atomic mass is 15.2. The second-order valence-corrected chi connectivity index (χ2v) is 5.61. The zero-order valence-electron chi connectivity index (χ0n) is 11.6. The van der Waals surface area contributed by atoms with Crippen LogP contribution in [0.25, 0.3) is 0 Å². The van der Waals surface area contributed by atoms with E-state index in [4.69, 9.17) is 0 Å². The molecule has 0 fully saturated rings. The molecule has 0 aliphatic carbocycles. The van der Waals surface area contributed by atoms with Crippen molar-refractivity contribution in [2.24, 2.45) is 5.92 Å². The molecule has 0 N–H and O–H groups in total. The predicted molar refractivity (Wildman–Crippen MR) is 70.0 cm³/mol. The maximum Gasteiger partial charge on any atom is 0.0314 e. The molecule has 0 aliphatic heterocycles. The van der Waals surface area contributed by atoms with Crippen LogP contribution in [0, 0.1) is 5.92 Å². The van der Waals surface area contributed by atoms with Crippen molar-refractivity contribution in [3.8, 4) is 0 Å². The van der Waals surface area contributed by atoms with E-state index in [2.05, 4.69) is 53.0 Å². The van der Waals surface area contributed by atoms with Gasteiger partial charge in [-0.1, -0.05) is 33.8 Å². The Balaban J connectivity index is 4.43. The van der Waals surface area contributed by atoms with Crippen molar-refractivity contribution in [1.82, 2.24) is 4.90 Å². The molecule has 0 bridgehead atoms. The minimum atomic E-state index is 0.209. The molecule has 1 heteroatoms. The highest BCUT2D eigenvalue weighted by Crippen LogP contribution is 2.24. The molecule has 0 heterocycles. The summed E-state index contributed by atoms with van der Waals surface area (Å²) in [5.41, 5.74) is 1.51. The normalized spacial score (nSPS) is 13.7. The molecule has 0 rings (SSSR count). The van der Waals surface area contributed by atoms with E-state index in [0.717, 1.165) is 18.9 Å². The molecule has 1 nitrogen and oxygen atoms in total. The Hall–Kier alpha value is -0.460. The van der Waals surface area contributed by atoms with E-state index in [-0.39, 0.29) is 5.54 Å². The summed E-state index contributed by atoms with van der Waals surface area (Å²) < 4.78 is 0. The second kappa shape index (κ2) is 6.19. The number of nitrogens with zero attached hydrogens (tertiary/aromatic N) is 1. The van der Waals surface area contributed by atoms with Crippen molar-refractivity contribution in [3.05, 3.63) is 12.3 Å². The fourth-order valence-electron chi connectivity index (χ4n) is 1.85. The maximum atomic E-state index is 4.25. The van der Waals surface area contributed by atoms with Crippen LogP contribution in [0.1, 0.15) is 60.8 Å². The quantitative estimate of drug-likeness (QED) is 0.627. The molecule has 0 aliphatic rings. The third kappa shape index (κ3) is 5.25. The van der Waals surface area contributed by atoms with Crippen LogP contribution < -0.4 is 0 Å². The van der Waals surface area contributed by atoms with Gasteiger partial charge in [-0.25, -0.2) is 0 Å². The van der Waals surface area contributed by atoms with Gasteiger partial charge in [-0.3, -0.25) is 0 Å². The second-order valence-electron chi connectivity index (χ2n) is 5.61. The monoisotopic (exact) mass is 211 g/mol. The Morgan fingerprint density at radius 1 is 1.27 bits per heavy atom. The van der Waals surface area contributed by atoms with Crippen molar-refractivity contribution >= 4 is 0 Å². The first-order valence-electron chi connectivity index (χ1n) is 6.28. The van der Waals surface area contributed by atoms with E-state index >= 15 is 0 Å². The molecule has 0 aromatic carbocycles. The third-order valence-electron chi connectivity index (χ3n) is 2.92. The van der Waals surface area contributed by atoms with Crippen LogP contribution in [0.15, 0.2) is 12.3 Å². The van der Waals surface area contributed by atoms with Crippen LogP contribution >= 0.6 is 0 Å². The molecule has 0 amide bonds. The Kier molecular flexibility index (Phi) is 6.00. The summed E-state index contributed by atoms with van der Waals surface area (Å²) in [5, 5.41) is 0. The number of hydrogen-bond acceptors (Lipinski definition) is 1. The van der Waals surface area contributed by atoms with Gasteiger partial charge in [0.1, 0.15) is 0 Å². The fourth-order valence-corrected chi connectivity index (χ4v) is 1.85. The van der Waals surface area contributed by atoms with Gasteiger partial charge in [0.15, 0.2) is 0 Å². The lowest BCUT2D eigenvalue weighted by Gasteiger charge is -2.39. The van der Waals surface area contributed by atoms with Crippen LogP contribution in [-0.2, 0) is 0 Å². The highest BCUT2D eigenvalue weighted by Gasteiger charge is 2.22. The summed E-state index contributed by atoms with van der Waals surface area (Å²) in [4.78, 5) is 2.46. The van der Waals surface area contributed by atoms with E-state index in [1.165, 1.54) is 18.5 Å². The van der Waals surface area contributed by atoms with E-state index in [0.29, 0.717) is 0 Å². The lowest BCUT2D eigenvalue weighted by atomic mass is 9.98. The zero-order valence-corrected chi connectivity index (χ0v) is 11.6. The van der Waals surface area contributed by atoms with Gasteiger partial charge in [0.25, 0.3) is 0 Å². The summed E-state index contributed by atoms with van der Waals surface area (Å²) in [6, 6.07) is 0. The third-order valence-corrected chi connectivity index (χ3v) is 2.92. The minimum Gasteiger partial charge on any atom is -0.370 e. The van der Waals surface area contributed by atoms with Gasteiger partial charge in [-0.2, -0.15) is 0 Å². The smallest absolute Gasteiger partial charge is 0.0314 e. The Bertz CT molecular complexity index is 188. The summed E-state index contributed by atoms with van der Waals surface area (Å²) >= 11 is 0. The lowest BCUT2D eigenvalue weighted by Crippen LogP contribution is -2.41.